The van der Waals surface area contributed by atoms with Crippen molar-refractivity contribution in [1.29, 1.82) is 0 Å². The second kappa shape index (κ2) is 10.3. The van der Waals surface area contributed by atoms with Gasteiger partial charge in [0.2, 0.25) is 11.1 Å². The highest BCUT2D eigenvalue weighted by molar-refractivity contribution is 8.00. The van der Waals surface area contributed by atoms with Crippen LogP contribution in [0.4, 0.5) is 5.13 Å². The zero-order valence-electron chi connectivity index (χ0n) is 18.9. The zero-order chi connectivity index (χ0) is 24.2. The first-order valence-electron chi connectivity index (χ1n) is 11.0. The van der Waals surface area contributed by atoms with Crippen molar-refractivity contribution in [2.24, 2.45) is 0 Å². The molecule has 5 rings (SSSR count). The Morgan fingerprint density at radius 3 is 2.51 bits per heavy atom. The summed E-state index contributed by atoms with van der Waals surface area (Å²) >= 11 is 2.64. The van der Waals surface area contributed by atoms with Crippen LogP contribution in [0.25, 0.3) is 33.1 Å². The molecule has 0 aliphatic rings. The molecular weight excluding hydrogens is 486 g/mol. The first-order valence-corrected chi connectivity index (χ1v) is 12.7. The standard InChI is InChI=1S/C24H21N5O4S2/c1-3-18(22(30)27-23-25-15-10-9-14(31-4-2)13-19(15)35-23)34-24-26-20(16-7-5-11-32-16)21(28-29-24)17-8-6-12-33-17/h5-13,18H,3-4H2,1-2H3,(H,25,27,30). The number of benzene rings is 1. The lowest BCUT2D eigenvalue weighted by Crippen LogP contribution is -2.24. The number of thiazole rings is 1. The van der Waals surface area contributed by atoms with Gasteiger partial charge < -0.3 is 18.9 Å². The van der Waals surface area contributed by atoms with E-state index in [1.165, 1.54) is 23.1 Å². The number of fused-ring (bicyclic) bond motifs is 1. The van der Waals surface area contributed by atoms with Gasteiger partial charge in [-0.15, -0.1) is 10.2 Å². The van der Waals surface area contributed by atoms with Gasteiger partial charge in [-0.1, -0.05) is 30.0 Å². The van der Waals surface area contributed by atoms with Gasteiger partial charge in [-0.25, -0.2) is 9.97 Å². The zero-order valence-corrected chi connectivity index (χ0v) is 20.6. The minimum Gasteiger partial charge on any atom is -0.494 e. The molecule has 1 unspecified atom stereocenters. The van der Waals surface area contributed by atoms with Gasteiger partial charge in [0.1, 0.15) is 11.4 Å². The number of ether oxygens (including phenoxy) is 1. The van der Waals surface area contributed by atoms with Gasteiger partial charge in [-0.2, -0.15) is 0 Å². The predicted molar refractivity (Wildman–Crippen MR) is 135 cm³/mol. The maximum absolute atomic E-state index is 13.1. The lowest BCUT2D eigenvalue weighted by Gasteiger charge is -2.13. The molecule has 1 aromatic carbocycles. The molecule has 0 saturated carbocycles. The highest BCUT2D eigenvalue weighted by Gasteiger charge is 2.24. The van der Waals surface area contributed by atoms with Gasteiger partial charge in [-0.05, 0) is 55.8 Å². The van der Waals surface area contributed by atoms with E-state index >= 15 is 0 Å². The summed E-state index contributed by atoms with van der Waals surface area (Å²) in [6, 6.07) is 12.8. The number of amides is 1. The molecule has 0 saturated heterocycles. The Balaban J connectivity index is 1.35. The molecule has 0 radical (unpaired) electrons. The van der Waals surface area contributed by atoms with Crippen LogP contribution in [0.15, 0.2) is 69.0 Å². The summed E-state index contributed by atoms with van der Waals surface area (Å²) in [5, 5.41) is 11.9. The molecule has 1 N–H and O–H groups in total. The van der Waals surface area contributed by atoms with E-state index in [2.05, 4.69) is 25.5 Å². The minimum absolute atomic E-state index is 0.181. The summed E-state index contributed by atoms with van der Waals surface area (Å²) in [5.41, 5.74) is 1.76. The van der Waals surface area contributed by atoms with Gasteiger partial charge in [0.05, 0.1) is 34.6 Å². The molecule has 11 heteroatoms. The minimum atomic E-state index is -0.443. The Labute approximate surface area is 208 Å². The van der Waals surface area contributed by atoms with Crippen LogP contribution in [0, 0.1) is 0 Å². The number of furan rings is 2. The van der Waals surface area contributed by atoms with Crippen molar-refractivity contribution in [3.8, 4) is 28.7 Å². The van der Waals surface area contributed by atoms with Crippen molar-refractivity contribution < 1.29 is 18.4 Å². The predicted octanol–water partition coefficient (Wildman–Crippen LogP) is 5.91. The first-order chi connectivity index (χ1) is 17.1. The number of carbonyl (C=O) groups excluding carboxylic acids is 1. The monoisotopic (exact) mass is 507 g/mol. The van der Waals surface area contributed by atoms with Gasteiger partial charge >= 0.3 is 0 Å². The highest BCUT2D eigenvalue weighted by Crippen LogP contribution is 2.33. The summed E-state index contributed by atoms with van der Waals surface area (Å²) in [4.78, 5) is 22.2. The Kier molecular flexibility index (Phi) is 6.77. The van der Waals surface area contributed by atoms with Crippen molar-refractivity contribution in [2.75, 3.05) is 11.9 Å². The number of rotatable bonds is 9. The third-order valence-corrected chi connectivity index (χ3v) is 7.14. The number of nitrogens with zero attached hydrogens (tertiary/aromatic N) is 4. The van der Waals surface area contributed by atoms with E-state index in [0.717, 1.165) is 16.0 Å². The van der Waals surface area contributed by atoms with Crippen molar-refractivity contribution in [2.45, 2.75) is 30.7 Å². The summed E-state index contributed by atoms with van der Waals surface area (Å²) < 4.78 is 17.5. The average Bonchev–Trinajstić information content (AvgIpc) is 3.64. The van der Waals surface area contributed by atoms with Crippen LogP contribution in [0.1, 0.15) is 20.3 Å². The van der Waals surface area contributed by atoms with E-state index in [0.29, 0.717) is 46.2 Å². The summed E-state index contributed by atoms with van der Waals surface area (Å²) in [5.74, 6) is 1.66. The average molecular weight is 508 g/mol. The van der Waals surface area contributed by atoms with Crippen molar-refractivity contribution >= 4 is 44.4 Å². The topological polar surface area (TPSA) is 116 Å². The molecule has 0 bridgehead atoms. The molecule has 0 fully saturated rings. The van der Waals surface area contributed by atoms with Crippen molar-refractivity contribution in [3.05, 3.63) is 55.0 Å². The first kappa shape index (κ1) is 23.1. The van der Waals surface area contributed by atoms with Crippen LogP contribution in [0.3, 0.4) is 0 Å². The molecule has 35 heavy (non-hydrogen) atoms. The lowest BCUT2D eigenvalue weighted by atomic mass is 10.2. The molecular formula is C24H21N5O4S2. The maximum Gasteiger partial charge on any atom is 0.239 e. The van der Waals surface area contributed by atoms with Gasteiger partial charge in [0.15, 0.2) is 22.3 Å². The van der Waals surface area contributed by atoms with Gasteiger partial charge in [-0.3, -0.25) is 4.79 Å². The Hall–Kier alpha value is -3.70. The van der Waals surface area contributed by atoms with Crippen LogP contribution in [-0.2, 0) is 4.79 Å². The maximum atomic E-state index is 13.1. The SMILES string of the molecule is CCOc1ccc2nc(NC(=O)C(CC)Sc3nnc(-c4ccco4)c(-c4ccco4)n3)sc2c1. The van der Waals surface area contributed by atoms with Crippen LogP contribution < -0.4 is 10.1 Å². The summed E-state index contributed by atoms with van der Waals surface area (Å²) in [6.07, 6.45) is 3.69. The molecule has 178 valence electrons. The third-order valence-electron chi connectivity index (χ3n) is 4.99. The van der Waals surface area contributed by atoms with Gasteiger partial charge in [0.25, 0.3) is 0 Å². The Morgan fingerprint density at radius 1 is 1.06 bits per heavy atom. The van der Waals surface area contributed by atoms with E-state index < -0.39 is 5.25 Å². The molecule has 4 aromatic heterocycles. The number of aromatic nitrogens is 4. The number of hydrogen-bond donors (Lipinski definition) is 1. The fourth-order valence-electron chi connectivity index (χ4n) is 3.38. The Bertz CT molecular complexity index is 1430. The van der Waals surface area contributed by atoms with Gasteiger partial charge in [0, 0.05) is 0 Å². The second-order valence-electron chi connectivity index (χ2n) is 7.33. The number of thioether (sulfide) groups is 1. The van der Waals surface area contributed by atoms with E-state index in [1.807, 2.05) is 32.0 Å². The van der Waals surface area contributed by atoms with E-state index in [1.54, 1.807) is 36.8 Å². The number of nitrogens with one attached hydrogen (secondary N) is 1. The smallest absolute Gasteiger partial charge is 0.239 e. The van der Waals surface area contributed by atoms with E-state index in [9.17, 15) is 4.79 Å². The number of carbonyl (C=O) groups is 1. The second-order valence-corrected chi connectivity index (χ2v) is 9.53. The Morgan fingerprint density at radius 2 is 1.83 bits per heavy atom. The van der Waals surface area contributed by atoms with Crippen molar-refractivity contribution in [3.63, 3.8) is 0 Å². The van der Waals surface area contributed by atoms with E-state index in [-0.39, 0.29) is 5.91 Å². The normalized spacial score (nSPS) is 12.1. The molecule has 9 nitrogen and oxygen atoms in total. The fraction of sp³-hybridized carbons (Fsp3) is 0.208. The molecule has 5 aromatic rings. The molecule has 0 aliphatic carbocycles. The summed E-state index contributed by atoms with van der Waals surface area (Å²) in [6.45, 7) is 4.46. The molecule has 1 amide bonds. The molecule has 1 atom stereocenters. The van der Waals surface area contributed by atoms with Crippen LogP contribution >= 0.6 is 23.1 Å². The highest BCUT2D eigenvalue weighted by atomic mass is 32.2. The van der Waals surface area contributed by atoms with Crippen molar-refractivity contribution in [1.82, 2.24) is 20.2 Å². The largest absolute Gasteiger partial charge is 0.494 e. The third kappa shape index (κ3) is 5.05. The summed E-state index contributed by atoms with van der Waals surface area (Å²) in [7, 11) is 0. The molecule has 0 spiro atoms. The van der Waals surface area contributed by atoms with Crippen LogP contribution in [0.5, 0.6) is 5.75 Å². The van der Waals surface area contributed by atoms with Crippen LogP contribution in [0.2, 0.25) is 0 Å². The number of hydrogen-bond acceptors (Lipinski definition) is 10. The van der Waals surface area contributed by atoms with E-state index in [4.69, 9.17) is 13.6 Å². The number of anilines is 1. The quantitative estimate of drug-likeness (QED) is 0.243. The molecule has 4 heterocycles. The molecule has 0 aliphatic heterocycles. The van der Waals surface area contributed by atoms with Crippen LogP contribution in [-0.4, -0.2) is 37.9 Å². The fourth-order valence-corrected chi connectivity index (χ4v) is 5.09. The lowest BCUT2D eigenvalue weighted by molar-refractivity contribution is -0.115.